The molecule has 9 nitrogen and oxygen atoms in total. The first-order valence-electron chi connectivity index (χ1n) is 21.5. The zero-order valence-electron chi connectivity index (χ0n) is 36.6. The van der Waals surface area contributed by atoms with Crippen molar-refractivity contribution in [2.45, 2.75) is 100 Å². The van der Waals surface area contributed by atoms with E-state index in [1.54, 1.807) is 19.4 Å². The molecule has 9 heteroatoms. The van der Waals surface area contributed by atoms with Gasteiger partial charge in [0.1, 0.15) is 13.4 Å². The quantitative estimate of drug-likeness (QED) is 0.0721. The van der Waals surface area contributed by atoms with E-state index in [0.29, 0.717) is 0 Å². The molecule has 2 fully saturated rings. The fourth-order valence-corrected chi connectivity index (χ4v) is 6.05. The van der Waals surface area contributed by atoms with Gasteiger partial charge in [-0.2, -0.15) is 0 Å². The normalized spacial score (nSPS) is 14.2. The Morgan fingerprint density at radius 3 is 1.64 bits per heavy atom. The fourth-order valence-electron chi connectivity index (χ4n) is 6.05. The highest BCUT2D eigenvalue weighted by atomic mass is 16.6. The number of aromatic nitrogens is 1. The van der Waals surface area contributed by atoms with Crippen molar-refractivity contribution < 1.29 is 14.1 Å². The van der Waals surface area contributed by atoms with Crippen LogP contribution >= 0.6 is 0 Å². The number of hydrogen-bond donors (Lipinski definition) is 0. The summed E-state index contributed by atoms with van der Waals surface area (Å²) in [6.07, 6.45) is 11.3. The molecule has 0 bridgehead atoms. The number of para-hydroxylation sites is 2. The third-order valence-electron chi connectivity index (χ3n) is 8.85. The van der Waals surface area contributed by atoms with Crippen molar-refractivity contribution in [2.75, 3.05) is 95.6 Å². The van der Waals surface area contributed by atoms with Gasteiger partial charge in [0.25, 0.3) is 0 Å². The molecule has 0 unspecified atom stereocenters. The molecule has 3 heterocycles. The monoisotopic (exact) mass is 765 g/mol. The summed E-state index contributed by atoms with van der Waals surface area (Å²) in [5, 5.41) is 7.85. The van der Waals surface area contributed by atoms with Gasteiger partial charge in [-0.1, -0.05) is 122 Å². The van der Waals surface area contributed by atoms with Crippen LogP contribution < -0.4 is 9.80 Å². The van der Waals surface area contributed by atoms with Gasteiger partial charge in [-0.05, 0) is 69.0 Å². The Hall–Kier alpha value is -3.66. The highest BCUT2D eigenvalue weighted by Crippen LogP contribution is 2.17. The van der Waals surface area contributed by atoms with Crippen LogP contribution in [-0.2, 0) is 16.0 Å². The van der Waals surface area contributed by atoms with Crippen LogP contribution in [0.15, 0.2) is 95.3 Å². The van der Waals surface area contributed by atoms with Crippen LogP contribution in [0.2, 0.25) is 0 Å². The highest BCUT2D eigenvalue weighted by Gasteiger charge is 2.17. The van der Waals surface area contributed by atoms with Gasteiger partial charge in [-0.15, -0.1) is 0 Å². The Morgan fingerprint density at radius 1 is 0.655 bits per heavy atom. The zero-order valence-corrected chi connectivity index (χ0v) is 36.6. The number of aryl methyl sites for hydroxylation is 1. The average molecular weight is 765 g/mol. The molecule has 0 spiro atoms. The number of oxime groups is 1. The van der Waals surface area contributed by atoms with Gasteiger partial charge in [0.05, 0.1) is 18.0 Å². The first-order valence-corrected chi connectivity index (χ1v) is 21.5. The van der Waals surface area contributed by atoms with Gasteiger partial charge in [0.2, 0.25) is 0 Å². The number of rotatable bonds is 18. The van der Waals surface area contributed by atoms with Crippen LogP contribution in [0.5, 0.6) is 0 Å². The molecule has 0 N–H and O–H groups in total. The standard InChI is InChI=1S/C20H31N3O.C18H25N3O2.4C2H6/c1-3-19(21-24-2)11-7-4-5-10-14-22-15-17-23(18-16-22)20-12-8-6-9-13-20;1-2-6-18(7-3-1)21-11-9-20(10-12-21)13-16-22-14-4-5-17-8-15-23-19-17;4*1-2/h3,6,8-9,12-13H,1,4-5,7,10-11,14-18H2,2H3;1-3,6-8,15H,4-5,9-14,16H2;4*1-2H3/b21-19+;;;;;. The lowest BCUT2D eigenvalue weighted by molar-refractivity contribution is 0.0997. The smallest absolute Gasteiger partial charge is 0.124 e. The molecule has 312 valence electrons. The van der Waals surface area contributed by atoms with E-state index in [-0.39, 0.29) is 0 Å². The summed E-state index contributed by atoms with van der Waals surface area (Å²) in [6, 6.07) is 23.3. The molecule has 0 aliphatic carbocycles. The van der Waals surface area contributed by atoms with Crippen LogP contribution in [0, 0.1) is 0 Å². The number of anilines is 2. The number of piperazine rings is 2. The van der Waals surface area contributed by atoms with Crippen LogP contribution in [0.4, 0.5) is 11.4 Å². The second kappa shape index (κ2) is 37.3. The summed E-state index contributed by atoms with van der Waals surface area (Å²) < 4.78 is 10.5. The van der Waals surface area contributed by atoms with Crippen LogP contribution in [0.1, 0.15) is 99.6 Å². The number of ether oxygens (including phenoxy) is 1. The fraction of sp³-hybridized carbons (Fsp3) is 0.609. The van der Waals surface area contributed by atoms with E-state index < -0.39 is 0 Å². The Kier molecular flexibility index (Phi) is 34.8. The number of hydrogen-bond acceptors (Lipinski definition) is 9. The number of unbranched alkanes of at least 4 members (excludes halogenated alkanes) is 3. The van der Waals surface area contributed by atoms with E-state index in [1.165, 1.54) is 50.3 Å². The lowest BCUT2D eigenvalue weighted by atomic mass is 10.1. The van der Waals surface area contributed by atoms with Crippen molar-refractivity contribution in [1.82, 2.24) is 15.0 Å². The van der Waals surface area contributed by atoms with Crippen LogP contribution in [0.3, 0.4) is 0 Å². The molecule has 0 radical (unpaired) electrons. The summed E-state index contributed by atoms with van der Waals surface area (Å²) in [6.45, 7) is 32.6. The maximum Gasteiger partial charge on any atom is 0.124 e. The van der Waals surface area contributed by atoms with E-state index in [1.807, 2.05) is 61.5 Å². The molecular weight excluding hydrogens is 685 g/mol. The van der Waals surface area contributed by atoms with Gasteiger partial charge in [-0.25, -0.2) is 0 Å². The first kappa shape index (κ1) is 51.3. The first-order chi connectivity index (χ1) is 27.2. The van der Waals surface area contributed by atoms with Gasteiger partial charge in [0.15, 0.2) is 0 Å². The maximum absolute atomic E-state index is 5.73. The van der Waals surface area contributed by atoms with Gasteiger partial charge in [-0.3, -0.25) is 9.80 Å². The van der Waals surface area contributed by atoms with Crippen molar-refractivity contribution in [3.05, 3.63) is 91.3 Å². The summed E-state index contributed by atoms with van der Waals surface area (Å²) >= 11 is 0. The number of benzene rings is 2. The van der Waals surface area contributed by atoms with Gasteiger partial charge < -0.3 is 23.9 Å². The molecule has 5 rings (SSSR count). The summed E-state index contributed by atoms with van der Waals surface area (Å²) in [4.78, 5) is 14.8. The molecule has 55 heavy (non-hydrogen) atoms. The predicted molar refractivity (Wildman–Crippen MR) is 239 cm³/mol. The largest absolute Gasteiger partial charge is 0.399 e. The van der Waals surface area contributed by atoms with Gasteiger partial charge in [0, 0.05) is 83.0 Å². The molecule has 0 saturated carbocycles. The molecule has 2 saturated heterocycles. The van der Waals surface area contributed by atoms with E-state index in [4.69, 9.17) is 14.1 Å². The van der Waals surface area contributed by atoms with E-state index in [0.717, 1.165) is 96.1 Å². The van der Waals surface area contributed by atoms with E-state index in [9.17, 15) is 0 Å². The molecule has 0 atom stereocenters. The van der Waals surface area contributed by atoms with Crippen molar-refractivity contribution >= 4 is 17.1 Å². The van der Waals surface area contributed by atoms with Crippen LogP contribution in [0.25, 0.3) is 0 Å². The molecule has 1 aromatic heterocycles. The minimum atomic E-state index is 0.789. The third kappa shape index (κ3) is 23.8. The number of nitrogens with zero attached hydrogens (tertiary/aromatic N) is 6. The van der Waals surface area contributed by atoms with Crippen molar-refractivity contribution in [1.29, 1.82) is 0 Å². The van der Waals surface area contributed by atoms with E-state index >= 15 is 0 Å². The Balaban J connectivity index is 0.000000898. The lowest BCUT2D eigenvalue weighted by Crippen LogP contribution is -2.47. The zero-order chi connectivity index (χ0) is 40.8. The lowest BCUT2D eigenvalue weighted by Gasteiger charge is -2.36. The van der Waals surface area contributed by atoms with Crippen molar-refractivity contribution in [3.8, 4) is 0 Å². The summed E-state index contributed by atoms with van der Waals surface area (Å²) in [7, 11) is 1.58. The predicted octanol–water partition coefficient (Wildman–Crippen LogP) is 10.5. The minimum Gasteiger partial charge on any atom is -0.399 e. The summed E-state index contributed by atoms with van der Waals surface area (Å²) in [5.41, 5.74) is 4.64. The third-order valence-corrected chi connectivity index (χ3v) is 8.85. The van der Waals surface area contributed by atoms with Crippen molar-refractivity contribution in [2.24, 2.45) is 5.16 Å². The van der Waals surface area contributed by atoms with E-state index in [2.05, 4.69) is 97.2 Å². The average Bonchev–Trinajstić information content (AvgIpc) is 3.81. The Labute approximate surface area is 337 Å². The molecule has 0 amide bonds. The topological polar surface area (TPSA) is 69.8 Å². The second-order valence-corrected chi connectivity index (χ2v) is 12.2. The number of allylic oxidation sites excluding steroid dienone is 1. The maximum atomic E-state index is 5.73. The van der Waals surface area contributed by atoms with Gasteiger partial charge >= 0.3 is 0 Å². The molecule has 3 aromatic rings. The molecule has 2 aromatic carbocycles. The summed E-state index contributed by atoms with van der Waals surface area (Å²) in [5.74, 6) is 0. The molecule has 2 aliphatic heterocycles. The highest BCUT2D eigenvalue weighted by molar-refractivity contribution is 5.93. The second-order valence-electron chi connectivity index (χ2n) is 12.2. The van der Waals surface area contributed by atoms with Crippen molar-refractivity contribution in [3.63, 3.8) is 0 Å². The minimum absolute atomic E-state index is 0.789. The van der Waals surface area contributed by atoms with Crippen LogP contribution in [-0.4, -0.2) is 106 Å². The molecule has 2 aliphatic rings. The Bertz CT molecular complexity index is 1230. The SMILES string of the molecule is C=C/C(CCCCCCN1CCN(c2ccccc2)CC1)=N\OC.CC.CC.CC.CC.c1ccc(N2CCN(CCOCCCc3ccon3)CC2)cc1. The Morgan fingerprint density at radius 2 is 1.16 bits per heavy atom. The molecular formula is C46H80N6O3.